The molecular formula is C18H16. The first kappa shape index (κ1) is 11.1. The van der Waals surface area contributed by atoms with E-state index < -0.39 is 0 Å². The fourth-order valence-electron chi connectivity index (χ4n) is 2.68. The van der Waals surface area contributed by atoms with Gasteiger partial charge in [-0.25, -0.2) is 0 Å². The second kappa shape index (κ2) is 4.68. The van der Waals surface area contributed by atoms with Gasteiger partial charge in [0, 0.05) is 5.57 Å². The highest BCUT2D eigenvalue weighted by Crippen LogP contribution is 2.32. The Morgan fingerprint density at radius 2 is 1.33 bits per heavy atom. The second-order valence-corrected chi connectivity index (χ2v) is 4.62. The third-order valence-electron chi connectivity index (χ3n) is 3.53. The van der Waals surface area contributed by atoms with E-state index >= 15 is 0 Å². The molecule has 18 heavy (non-hydrogen) atoms. The second-order valence-electron chi connectivity index (χ2n) is 4.62. The van der Waals surface area contributed by atoms with Crippen molar-refractivity contribution in [3.05, 3.63) is 82.6 Å². The van der Waals surface area contributed by atoms with E-state index in [1.54, 1.807) is 0 Å². The minimum atomic E-state index is 1.11. The monoisotopic (exact) mass is 232 g/mol. The Morgan fingerprint density at radius 3 is 1.83 bits per heavy atom. The summed E-state index contributed by atoms with van der Waals surface area (Å²) in [5.74, 6) is 0. The van der Waals surface area contributed by atoms with Gasteiger partial charge < -0.3 is 0 Å². The number of fused-ring (bicyclic) bond motifs is 2. The Hall–Kier alpha value is -2.04. The molecule has 1 aliphatic rings. The molecule has 0 aliphatic heterocycles. The van der Waals surface area contributed by atoms with Crippen LogP contribution in [-0.4, -0.2) is 0 Å². The lowest BCUT2D eigenvalue weighted by Crippen LogP contribution is -1.90. The number of rotatable bonds is 0. The third kappa shape index (κ3) is 1.81. The molecule has 0 atom stereocenters. The normalized spacial score (nSPS) is 13.1. The topological polar surface area (TPSA) is 0 Å². The van der Waals surface area contributed by atoms with Gasteiger partial charge in [-0.05, 0) is 48.1 Å². The maximum atomic E-state index is 3.43. The molecule has 2 aromatic rings. The lowest BCUT2D eigenvalue weighted by atomic mass is 9.95. The molecule has 3 rings (SSSR count). The minimum Gasteiger partial charge on any atom is -0.116 e. The largest absolute Gasteiger partial charge is 0.116 e. The summed E-state index contributed by atoms with van der Waals surface area (Å²) in [6.45, 7) is 2.03. The predicted octanol–water partition coefficient (Wildman–Crippen LogP) is 4.39. The molecule has 0 heteroatoms. The van der Waals surface area contributed by atoms with Gasteiger partial charge >= 0.3 is 0 Å². The van der Waals surface area contributed by atoms with Crippen LogP contribution in [0.2, 0.25) is 0 Å². The molecule has 88 valence electrons. The van der Waals surface area contributed by atoms with E-state index in [1.807, 2.05) is 13.0 Å². The van der Waals surface area contributed by atoms with E-state index in [1.165, 1.54) is 27.8 Å². The van der Waals surface area contributed by atoms with Crippen molar-refractivity contribution in [3.8, 4) is 0 Å². The van der Waals surface area contributed by atoms with E-state index in [2.05, 4.69) is 54.3 Å². The van der Waals surface area contributed by atoms with Gasteiger partial charge in [-0.1, -0.05) is 48.5 Å². The molecule has 0 spiro atoms. The van der Waals surface area contributed by atoms with E-state index in [0.29, 0.717) is 0 Å². The van der Waals surface area contributed by atoms with Crippen LogP contribution >= 0.6 is 0 Å². The summed E-state index contributed by atoms with van der Waals surface area (Å²) in [6, 6.07) is 17.4. The minimum absolute atomic E-state index is 1.11. The lowest BCUT2D eigenvalue weighted by Gasteiger charge is -2.08. The fraction of sp³-hybridized carbons (Fsp3) is 0.167. The Kier molecular flexibility index (Phi) is 2.88. The maximum absolute atomic E-state index is 3.43. The summed E-state index contributed by atoms with van der Waals surface area (Å²) in [6.07, 6.45) is 4.23. The zero-order valence-electron chi connectivity index (χ0n) is 10.6. The zero-order chi connectivity index (χ0) is 12.4. The number of hydrogen-bond donors (Lipinski definition) is 0. The first-order valence-electron chi connectivity index (χ1n) is 6.48. The first-order chi connectivity index (χ1) is 8.90. The van der Waals surface area contributed by atoms with Gasteiger partial charge in [0.15, 0.2) is 0 Å². The Labute approximate surface area is 108 Å². The zero-order valence-corrected chi connectivity index (χ0v) is 10.6. The van der Waals surface area contributed by atoms with Gasteiger partial charge in [0.1, 0.15) is 0 Å². The highest BCUT2D eigenvalue weighted by molar-refractivity contribution is 5.83. The van der Waals surface area contributed by atoms with Crippen LogP contribution in [0, 0.1) is 0 Å². The van der Waals surface area contributed by atoms with Crippen molar-refractivity contribution in [3.63, 3.8) is 0 Å². The summed E-state index contributed by atoms with van der Waals surface area (Å²) in [5, 5.41) is 0. The van der Waals surface area contributed by atoms with Crippen molar-refractivity contribution in [1.29, 1.82) is 0 Å². The molecule has 0 fully saturated rings. The highest BCUT2D eigenvalue weighted by atomic mass is 14.2. The Bertz CT molecular complexity index is 591. The van der Waals surface area contributed by atoms with E-state index in [9.17, 15) is 0 Å². The highest BCUT2D eigenvalue weighted by Gasteiger charge is 2.16. The molecule has 0 unspecified atom stereocenters. The van der Waals surface area contributed by atoms with Crippen molar-refractivity contribution < 1.29 is 0 Å². The van der Waals surface area contributed by atoms with Gasteiger partial charge in [-0.15, -0.1) is 5.73 Å². The summed E-state index contributed by atoms with van der Waals surface area (Å²) >= 11 is 0. The molecule has 1 aliphatic carbocycles. The molecule has 0 nitrogen and oxygen atoms in total. The predicted molar refractivity (Wildman–Crippen MR) is 76.6 cm³/mol. The standard InChI is InChI=1S/C18H16/c1-2-7-18-16-10-5-3-8-14(16)12-13-15-9-4-6-11-17(15)18/h2-6,8-11H,12-13H2,1H3. The van der Waals surface area contributed by atoms with Crippen LogP contribution in [0.4, 0.5) is 0 Å². The van der Waals surface area contributed by atoms with Crippen LogP contribution < -0.4 is 0 Å². The van der Waals surface area contributed by atoms with Crippen molar-refractivity contribution in [2.24, 2.45) is 0 Å². The number of benzene rings is 2. The van der Waals surface area contributed by atoms with Crippen molar-refractivity contribution in [1.82, 2.24) is 0 Å². The van der Waals surface area contributed by atoms with E-state index in [-0.39, 0.29) is 0 Å². The van der Waals surface area contributed by atoms with Crippen LogP contribution in [0.25, 0.3) is 5.57 Å². The lowest BCUT2D eigenvalue weighted by molar-refractivity contribution is 0.965. The average molecular weight is 232 g/mol. The maximum Gasteiger partial charge on any atom is 0.0311 e. The van der Waals surface area contributed by atoms with E-state index in [0.717, 1.165) is 12.8 Å². The van der Waals surface area contributed by atoms with Crippen LogP contribution in [0.1, 0.15) is 29.2 Å². The van der Waals surface area contributed by atoms with Gasteiger partial charge in [-0.3, -0.25) is 0 Å². The summed E-state index contributed by atoms with van der Waals surface area (Å²) in [4.78, 5) is 0. The van der Waals surface area contributed by atoms with Crippen LogP contribution in [0.5, 0.6) is 0 Å². The molecular weight excluding hydrogens is 216 g/mol. The Morgan fingerprint density at radius 1 is 0.833 bits per heavy atom. The Balaban J connectivity index is 2.32. The molecule has 0 heterocycles. The van der Waals surface area contributed by atoms with Gasteiger partial charge in [0.2, 0.25) is 0 Å². The smallest absolute Gasteiger partial charge is 0.0311 e. The van der Waals surface area contributed by atoms with Crippen LogP contribution in [0.3, 0.4) is 0 Å². The first-order valence-corrected chi connectivity index (χ1v) is 6.48. The molecule has 0 N–H and O–H groups in total. The summed E-state index contributed by atoms with van der Waals surface area (Å²) in [7, 11) is 0. The summed E-state index contributed by atoms with van der Waals surface area (Å²) in [5.41, 5.74) is 10.2. The van der Waals surface area contributed by atoms with Crippen LogP contribution in [-0.2, 0) is 12.8 Å². The fourth-order valence-corrected chi connectivity index (χ4v) is 2.68. The number of allylic oxidation sites excluding steroid dienone is 1. The number of hydrogen-bond acceptors (Lipinski definition) is 0. The molecule has 0 saturated carbocycles. The van der Waals surface area contributed by atoms with Crippen molar-refractivity contribution >= 4 is 5.57 Å². The molecule has 0 amide bonds. The van der Waals surface area contributed by atoms with Crippen molar-refractivity contribution in [2.75, 3.05) is 0 Å². The molecule has 0 radical (unpaired) electrons. The molecule has 0 aromatic heterocycles. The SMILES string of the molecule is CC=C=C1c2ccccc2CCc2ccccc21. The van der Waals surface area contributed by atoms with Gasteiger partial charge in [-0.2, -0.15) is 0 Å². The molecule has 2 aromatic carbocycles. The van der Waals surface area contributed by atoms with E-state index in [4.69, 9.17) is 0 Å². The average Bonchev–Trinajstić information content (AvgIpc) is 2.58. The van der Waals surface area contributed by atoms with Crippen LogP contribution in [0.15, 0.2) is 60.3 Å². The summed E-state index contributed by atoms with van der Waals surface area (Å²) < 4.78 is 0. The van der Waals surface area contributed by atoms with Crippen molar-refractivity contribution in [2.45, 2.75) is 19.8 Å². The quantitative estimate of drug-likeness (QED) is 0.591. The third-order valence-corrected chi connectivity index (χ3v) is 3.53. The number of aryl methyl sites for hydroxylation is 2. The molecule has 0 saturated heterocycles. The van der Waals surface area contributed by atoms with Gasteiger partial charge in [0.05, 0.1) is 0 Å². The molecule has 0 bridgehead atoms. The van der Waals surface area contributed by atoms with Gasteiger partial charge in [0.25, 0.3) is 0 Å².